The van der Waals surface area contributed by atoms with Crippen LogP contribution in [0.15, 0.2) is 36.9 Å². The molecule has 1 aromatic carbocycles. The molecule has 0 saturated carbocycles. The number of rotatable bonds is 5. The van der Waals surface area contributed by atoms with Gasteiger partial charge in [0, 0.05) is 12.1 Å². The van der Waals surface area contributed by atoms with Gasteiger partial charge in [-0.05, 0) is 13.1 Å². The third kappa shape index (κ3) is 3.85. The first-order valence-corrected chi connectivity index (χ1v) is 5.71. The molecule has 6 nitrogen and oxygen atoms in total. The van der Waals surface area contributed by atoms with E-state index in [0.29, 0.717) is 12.1 Å². The average Bonchev–Trinajstić information content (AvgIpc) is 2.84. The normalized spacial score (nSPS) is 10.7. The number of likely N-dealkylation sites (N-methyl/N-ethyl adjacent to an activating group) is 1. The summed E-state index contributed by atoms with van der Waals surface area (Å²) < 4.78 is 14.8. The molecule has 0 aliphatic heterocycles. The van der Waals surface area contributed by atoms with Crippen molar-refractivity contribution in [3.05, 3.63) is 48.3 Å². The fourth-order valence-corrected chi connectivity index (χ4v) is 1.66. The van der Waals surface area contributed by atoms with Gasteiger partial charge < -0.3 is 0 Å². The zero-order valence-corrected chi connectivity index (χ0v) is 10.5. The zero-order valence-electron chi connectivity index (χ0n) is 10.5. The lowest BCUT2D eigenvalue weighted by Crippen LogP contribution is -2.33. The van der Waals surface area contributed by atoms with Crippen molar-refractivity contribution in [1.29, 1.82) is 0 Å². The summed E-state index contributed by atoms with van der Waals surface area (Å²) >= 11 is 0. The molecule has 7 heteroatoms. The van der Waals surface area contributed by atoms with Gasteiger partial charge in [0.05, 0.1) is 6.54 Å². The van der Waals surface area contributed by atoms with Crippen LogP contribution in [0.2, 0.25) is 0 Å². The van der Waals surface area contributed by atoms with E-state index < -0.39 is 0 Å². The highest BCUT2D eigenvalue weighted by atomic mass is 19.1. The predicted octanol–water partition coefficient (Wildman–Crippen LogP) is 0.619. The Labute approximate surface area is 109 Å². The maximum absolute atomic E-state index is 13.4. The molecule has 0 aliphatic rings. The second kappa shape index (κ2) is 6.05. The van der Waals surface area contributed by atoms with Gasteiger partial charge in [0.1, 0.15) is 18.5 Å². The summed E-state index contributed by atoms with van der Waals surface area (Å²) in [5.74, 6) is -0.493. The van der Waals surface area contributed by atoms with Crippen LogP contribution in [0.25, 0.3) is 0 Å². The quantitative estimate of drug-likeness (QED) is 0.859. The first kappa shape index (κ1) is 13.2. The van der Waals surface area contributed by atoms with Crippen molar-refractivity contribution in [1.82, 2.24) is 19.8 Å². The van der Waals surface area contributed by atoms with Gasteiger partial charge in [-0.15, -0.1) is 10.2 Å². The Hall–Kier alpha value is -2.28. The lowest BCUT2D eigenvalue weighted by molar-refractivity contribution is -0.118. The van der Waals surface area contributed by atoms with E-state index in [4.69, 9.17) is 0 Å². The Kier molecular flexibility index (Phi) is 4.19. The lowest BCUT2D eigenvalue weighted by atomic mass is 10.2. The van der Waals surface area contributed by atoms with Crippen molar-refractivity contribution in [3.63, 3.8) is 0 Å². The fourth-order valence-electron chi connectivity index (χ4n) is 1.66. The molecule has 1 aromatic heterocycles. The van der Waals surface area contributed by atoms with Gasteiger partial charge in [0.25, 0.3) is 5.91 Å². The van der Waals surface area contributed by atoms with Crippen LogP contribution in [0, 0.1) is 5.82 Å². The van der Waals surface area contributed by atoms with Gasteiger partial charge in [0.15, 0.2) is 0 Å². The van der Waals surface area contributed by atoms with E-state index in [2.05, 4.69) is 15.6 Å². The zero-order chi connectivity index (χ0) is 13.7. The molecule has 19 heavy (non-hydrogen) atoms. The largest absolute Gasteiger partial charge is 0.293 e. The minimum Gasteiger partial charge on any atom is -0.293 e. The average molecular weight is 263 g/mol. The van der Waals surface area contributed by atoms with Crippen LogP contribution in [0.1, 0.15) is 5.56 Å². The third-order valence-electron chi connectivity index (χ3n) is 2.48. The molecule has 1 amide bonds. The number of hydrogen-bond donors (Lipinski definition) is 1. The Morgan fingerprint density at radius 1 is 1.37 bits per heavy atom. The summed E-state index contributed by atoms with van der Waals surface area (Å²) in [4.78, 5) is 13.4. The smallest absolute Gasteiger partial charge is 0.253 e. The summed E-state index contributed by atoms with van der Waals surface area (Å²) in [5, 5.41) is 7.14. The molecule has 100 valence electrons. The summed E-state index contributed by atoms with van der Waals surface area (Å²) in [5.41, 5.74) is 3.13. The van der Waals surface area contributed by atoms with E-state index in [1.54, 1.807) is 30.1 Å². The Balaban J connectivity index is 1.86. The first-order valence-electron chi connectivity index (χ1n) is 5.71. The molecular weight excluding hydrogens is 249 g/mol. The van der Waals surface area contributed by atoms with E-state index >= 15 is 0 Å². The van der Waals surface area contributed by atoms with E-state index in [-0.39, 0.29) is 18.3 Å². The van der Waals surface area contributed by atoms with E-state index in [1.165, 1.54) is 23.4 Å². The van der Waals surface area contributed by atoms with Crippen LogP contribution >= 0.6 is 0 Å². The van der Waals surface area contributed by atoms with Crippen LogP contribution < -0.4 is 5.43 Å². The van der Waals surface area contributed by atoms with Crippen molar-refractivity contribution in [3.8, 4) is 0 Å². The molecule has 0 bridgehead atoms. The number of hydrogen-bond acceptors (Lipinski definition) is 4. The molecule has 2 aromatic rings. The topological polar surface area (TPSA) is 63.1 Å². The van der Waals surface area contributed by atoms with Gasteiger partial charge >= 0.3 is 0 Å². The minimum absolute atomic E-state index is 0.145. The summed E-state index contributed by atoms with van der Waals surface area (Å²) in [7, 11) is 1.75. The Bertz CT molecular complexity index is 543. The number of carbonyl (C=O) groups excluding carboxylic acids is 1. The number of aromatic nitrogens is 3. The number of halogens is 1. The second-order valence-corrected chi connectivity index (χ2v) is 4.17. The number of benzene rings is 1. The standard InChI is InChI=1S/C12H14FN5O/c1-17(6-10-4-2-3-5-11(10)13)7-12(19)16-18-8-14-15-9-18/h2-5,8-9H,6-7H2,1H3,(H,16,19). The molecule has 0 radical (unpaired) electrons. The number of amides is 1. The van der Waals surface area contributed by atoms with E-state index in [0.717, 1.165) is 0 Å². The predicted molar refractivity (Wildman–Crippen MR) is 67.1 cm³/mol. The van der Waals surface area contributed by atoms with Crippen molar-refractivity contribution in [2.24, 2.45) is 0 Å². The van der Waals surface area contributed by atoms with Crippen molar-refractivity contribution >= 4 is 5.91 Å². The SMILES string of the molecule is CN(CC(=O)Nn1cnnc1)Cc1ccccc1F. The molecule has 1 heterocycles. The van der Waals surface area contributed by atoms with Crippen LogP contribution in [-0.2, 0) is 11.3 Å². The molecule has 0 aliphatic carbocycles. The highest BCUT2D eigenvalue weighted by Gasteiger charge is 2.09. The first-order chi connectivity index (χ1) is 9.15. The number of carbonyl (C=O) groups is 1. The summed E-state index contributed by atoms with van der Waals surface area (Å²) in [6, 6.07) is 6.50. The second-order valence-electron chi connectivity index (χ2n) is 4.17. The Morgan fingerprint density at radius 2 is 2.05 bits per heavy atom. The lowest BCUT2D eigenvalue weighted by Gasteiger charge is -2.16. The van der Waals surface area contributed by atoms with Gasteiger partial charge in [-0.2, -0.15) is 0 Å². The highest BCUT2D eigenvalue weighted by Crippen LogP contribution is 2.08. The van der Waals surface area contributed by atoms with Crippen LogP contribution in [-0.4, -0.2) is 39.3 Å². The highest BCUT2D eigenvalue weighted by molar-refractivity contribution is 5.85. The summed E-state index contributed by atoms with van der Waals surface area (Å²) in [6.45, 7) is 0.509. The molecule has 1 N–H and O–H groups in total. The Morgan fingerprint density at radius 3 is 2.74 bits per heavy atom. The molecule has 0 fully saturated rings. The molecule has 0 saturated heterocycles. The molecule has 0 spiro atoms. The monoisotopic (exact) mass is 263 g/mol. The molecular formula is C12H14FN5O. The van der Waals surface area contributed by atoms with Gasteiger partial charge in [-0.3, -0.25) is 15.1 Å². The molecule has 2 rings (SSSR count). The van der Waals surface area contributed by atoms with Gasteiger partial charge in [0.2, 0.25) is 0 Å². The van der Waals surface area contributed by atoms with Crippen molar-refractivity contribution in [2.45, 2.75) is 6.54 Å². The van der Waals surface area contributed by atoms with Crippen LogP contribution in [0.3, 0.4) is 0 Å². The van der Waals surface area contributed by atoms with Crippen LogP contribution in [0.5, 0.6) is 0 Å². The van der Waals surface area contributed by atoms with Crippen molar-refractivity contribution in [2.75, 3.05) is 19.0 Å². The molecule has 0 atom stereocenters. The van der Waals surface area contributed by atoms with E-state index in [1.807, 2.05) is 0 Å². The molecule has 0 unspecified atom stereocenters. The minimum atomic E-state index is -0.270. The fraction of sp³-hybridized carbons (Fsp3) is 0.250. The number of nitrogens with one attached hydrogen (secondary N) is 1. The summed E-state index contributed by atoms with van der Waals surface area (Å²) in [6.07, 6.45) is 2.77. The third-order valence-corrected chi connectivity index (χ3v) is 2.48. The van der Waals surface area contributed by atoms with Crippen molar-refractivity contribution < 1.29 is 9.18 Å². The maximum atomic E-state index is 13.4. The van der Waals surface area contributed by atoms with Crippen LogP contribution in [0.4, 0.5) is 4.39 Å². The maximum Gasteiger partial charge on any atom is 0.253 e. The van der Waals surface area contributed by atoms with E-state index in [9.17, 15) is 9.18 Å². The van der Waals surface area contributed by atoms with Gasteiger partial charge in [-0.25, -0.2) is 9.07 Å². The van der Waals surface area contributed by atoms with Gasteiger partial charge in [-0.1, -0.05) is 18.2 Å². The number of nitrogens with zero attached hydrogens (tertiary/aromatic N) is 4.